The third-order valence-corrected chi connectivity index (χ3v) is 6.21. The van der Waals surface area contributed by atoms with E-state index in [-0.39, 0.29) is 0 Å². The molecule has 0 spiro atoms. The van der Waals surface area contributed by atoms with E-state index in [1.807, 2.05) is 4.90 Å². The van der Waals surface area contributed by atoms with Crippen LogP contribution in [-0.4, -0.2) is 41.2 Å². The zero-order valence-electron chi connectivity index (χ0n) is 16.0. The number of nitrogens with zero attached hydrogens (tertiary/aromatic N) is 3. The zero-order valence-corrected chi connectivity index (χ0v) is 16.8. The smallest absolute Gasteiger partial charge is 0.420 e. The number of hydrogen-bond donors (Lipinski definition) is 1. The number of hydrogen-bond acceptors (Lipinski definition) is 5. The predicted molar refractivity (Wildman–Crippen MR) is 105 cm³/mol. The van der Waals surface area contributed by atoms with Crippen LogP contribution in [0.3, 0.4) is 0 Å². The first-order valence-corrected chi connectivity index (χ1v) is 10.2. The molecule has 31 heavy (non-hydrogen) atoms. The van der Waals surface area contributed by atoms with Gasteiger partial charge in [0.2, 0.25) is 0 Å². The molecule has 0 bridgehead atoms. The third-order valence-electron chi connectivity index (χ3n) is 5.15. The number of phenolic OH excluding ortho intramolecular Hbond substituents is 1. The van der Waals surface area contributed by atoms with E-state index in [0.29, 0.717) is 48.6 Å². The molecular weight excluding hydrogens is 444 g/mol. The number of anilines is 1. The van der Waals surface area contributed by atoms with Crippen LogP contribution in [-0.2, 0) is 18.9 Å². The SMILES string of the molecule is Oc1ccc(N2CCN(Cc3cc4ncc(C(F)(F)F)cc4s3)CC2)cc1C(F)(F)F. The minimum absolute atomic E-state index is 0.385. The maximum Gasteiger partial charge on any atom is 0.420 e. The van der Waals surface area contributed by atoms with Crippen molar-refractivity contribution in [2.45, 2.75) is 18.9 Å². The molecule has 2 aromatic heterocycles. The summed E-state index contributed by atoms with van der Waals surface area (Å²) in [6, 6.07) is 6.31. The molecule has 166 valence electrons. The summed E-state index contributed by atoms with van der Waals surface area (Å²) in [6.45, 7) is 2.67. The Morgan fingerprint density at radius 2 is 1.65 bits per heavy atom. The standard InChI is InChI=1S/C20H17F6N3OS/c21-19(22,23)12-7-18-16(27-10-12)9-14(31-18)11-28-3-5-29(6-4-28)13-1-2-17(30)15(8-13)20(24,25)26/h1-2,7-10,30H,3-6,11H2. The Labute approximate surface area is 177 Å². The second-order valence-electron chi connectivity index (χ2n) is 7.28. The predicted octanol–water partition coefficient (Wildman–Crippen LogP) is 5.36. The highest BCUT2D eigenvalue weighted by atomic mass is 32.1. The minimum Gasteiger partial charge on any atom is -0.507 e. The number of pyridine rings is 1. The van der Waals surface area contributed by atoms with E-state index in [4.69, 9.17) is 0 Å². The van der Waals surface area contributed by atoms with Crippen LogP contribution in [0.2, 0.25) is 0 Å². The van der Waals surface area contributed by atoms with Gasteiger partial charge < -0.3 is 10.0 Å². The van der Waals surface area contributed by atoms with E-state index in [0.717, 1.165) is 29.3 Å². The van der Waals surface area contributed by atoms with Gasteiger partial charge >= 0.3 is 12.4 Å². The molecule has 1 saturated heterocycles. The molecule has 3 aromatic rings. The first-order chi connectivity index (χ1) is 14.5. The average Bonchev–Trinajstić information content (AvgIpc) is 3.09. The number of fused-ring (bicyclic) bond motifs is 1. The molecule has 11 heteroatoms. The van der Waals surface area contributed by atoms with Crippen LogP contribution in [0.4, 0.5) is 32.0 Å². The molecule has 1 aliphatic rings. The van der Waals surface area contributed by atoms with Crippen molar-refractivity contribution in [2.75, 3.05) is 31.1 Å². The first-order valence-electron chi connectivity index (χ1n) is 9.34. The lowest BCUT2D eigenvalue weighted by Crippen LogP contribution is -2.45. The first kappa shape index (κ1) is 21.7. The largest absolute Gasteiger partial charge is 0.507 e. The molecule has 0 atom stereocenters. The Hall–Kier alpha value is -2.53. The number of rotatable bonds is 3. The van der Waals surface area contributed by atoms with Crippen LogP contribution in [0.5, 0.6) is 5.75 Å². The van der Waals surface area contributed by atoms with Crippen LogP contribution in [0.25, 0.3) is 10.2 Å². The summed E-state index contributed by atoms with van der Waals surface area (Å²) in [4.78, 5) is 8.68. The Morgan fingerprint density at radius 1 is 0.935 bits per heavy atom. The highest BCUT2D eigenvalue weighted by molar-refractivity contribution is 7.19. The van der Waals surface area contributed by atoms with E-state index in [1.54, 1.807) is 6.07 Å². The molecule has 1 fully saturated rings. The van der Waals surface area contributed by atoms with Gasteiger partial charge in [0.1, 0.15) is 5.75 Å². The highest BCUT2D eigenvalue weighted by Gasteiger charge is 2.35. The van der Waals surface area contributed by atoms with Gasteiger partial charge in [0.25, 0.3) is 0 Å². The number of thiophene rings is 1. The van der Waals surface area contributed by atoms with Crippen molar-refractivity contribution in [1.29, 1.82) is 0 Å². The van der Waals surface area contributed by atoms with Crippen LogP contribution in [0.15, 0.2) is 36.5 Å². The number of piperazine rings is 1. The van der Waals surface area contributed by atoms with Gasteiger partial charge in [-0.2, -0.15) is 26.3 Å². The van der Waals surface area contributed by atoms with Crippen LogP contribution in [0.1, 0.15) is 16.0 Å². The quantitative estimate of drug-likeness (QED) is 0.533. The summed E-state index contributed by atoms with van der Waals surface area (Å²) in [5, 5.41) is 9.48. The van der Waals surface area contributed by atoms with Gasteiger partial charge in [-0.15, -0.1) is 11.3 Å². The molecule has 0 radical (unpaired) electrons. The fourth-order valence-corrected chi connectivity index (χ4v) is 4.64. The number of halogens is 6. The normalized spacial score (nSPS) is 16.3. The van der Waals surface area contributed by atoms with Crippen molar-refractivity contribution >= 4 is 27.2 Å². The van der Waals surface area contributed by atoms with E-state index in [9.17, 15) is 31.4 Å². The van der Waals surface area contributed by atoms with E-state index in [1.165, 1.54) is 17.4 Å². The Kier molecular flexibility index (Phi) is 5.50. The molecule has 1 N–H and O–H groups in total. The Balaban J connectivity index is 1.42. The highest BCUT2D eigenvalue weighted by Crippen LogP contribution is 2.38. The molecule has 0 saturated carbocycles. The monoisotopic (exact) mass is 461 g/mol. The van der Waals surface area contributed by atoms with Gasteiger partial charge in [0.05, 0.1) is 21.3 Å². The molecule has 3 heterocycles. The second-order valence-corrected chi connectivity index (χ2v) is 8.45. The molecule has 1 aromatic carbocycles. The molecule has 1 aliphatic heterocycles. The van der Waals surface area contributed by atoms with Crippen molar-refractivity contribution in [3.05, 3.63) is 52.5 Å². The summed E-state index contributed by atoms with van der Waals surface area (Å²) < 4.78 is 78.1. The summed E-state index contributed by atoms with van der Waals surface area (Å²) in [5.74, 6) is -0.804. The van der Waals surface area contributed by atoms with E-state index < -0.39 is 29.2 Å². The van der Waals surface area contributed by atoms with Crippen LogP contribution < -0.4 is 4.90 Å². The Bertz CT molecular complexity index is 1090. The van der Waals surface area contributed by atoms with Gasteiger partial charge in [-0.25, -0.2) is 0 Å². The third kappa shape index (κ3) is 4.72. The fraction of sp³-hybridized carbons (Fsp3) is 0.350. The van der Waals surface area contributed by atoms with Gasteiger partial charge in [0.15, 0.2) is 0 Å². The van der Waals surface area contributed by atoms with Crippen molar-refractivity contribution in [3.63, 3.8) is 0 Å². The lowest BCUT2D eigenvalue weighted by Gasteiger charge is -2.36. The number of aromatic hydroxyl groups is 1. The van der Waals surface area contributed by atoms with Gasteiger partial charge in [-0.05, 0) is 30.3 Å². The fourth-order valence-electron chi connectivity index (χ4n) is 3.53. The zero-order chi connectivity index (χ0) is 22.4. The van der Waals surface area contributed by atoms with Crippen molar-refractivity contribution < 1.29 is 31.4 Å². The molecule has 4 rings (SSSR count). The summed E-state index contributed by atoms with van der Waals surface area (Å²) in [7, 11) is 0. The van der Waals surface area contributed by atoms with Gasteiger partial charge in [-0.1, -0.05) is 0 Å². The number of phenols is 1. The summed E-state index contributed by atoms with van der Waals surface area (Å²) >= 11 is 1.25. The summed E-state index contributed by atoms with van der Waals surface area (Å²) in [5.41, 5.74) is -0.955. The lowest BCUT2D eigenvalue weighted by molar-refractivity contribution is -0.139. The lowest BCUT2D eigenvalue weighted by atomic mass is 10.1. The summed E-state index contributed by atoms with van der Waals surface area (Å²) in [6.07, 6.45) is -8.25. The van der Waals surface area contributed by atoms with Gasteiger partial charge in [0, 0.05) is 49.5 Å². The van der Waals surface area contributed by atoms with Crippen LogP contribution >= 0.6 is 11.3 Å². The average molecular weight is 461 g/mol. The van der Waals surface area contributed by atoms with Crippen molar-refractivity contribution in [3.8, 4) is 5.75 Å². The number of aromatic nitrogens is 1. The van der Waals surface area contributed by atoms with Crippen LogP contribution in [0, 0.1) is 0 Å². The molecule has 0 unspecified atom stereocenters. The molecular formula is C20H17F6N3OS. The Morgan fingerprint density at radius 3 is 2.29 bits per heavy atom. The van der Waals surface area contributed by atoms with E-state index >= 15 is 0 Å². The molecule has 4 nitrogen and oxygen atoms in total. The second kappa shape index (κ2) is 7.86. The van der Waals surface area contributed by atoms with Crippen molar-refractivity contribution in [2.24, 2.45) is 0 Å². The molecule has 0 aliphatic carbocycles. The minimum atomic E-state index is -4.64. The number of alkyl halides is 6. The van der Waals surface area contributed by atoms with E-state index in [2.05, 4.69) is 9.88 Å². The maximum absolute atomic E-state index is 13.0. The molecule has 0 amide bonds. The van der Waals surface area contributed by atoms with Crippen molar-refractivity contribution in [1.82, 2.24) is 9.88 Å². The number of benzene rings is 1. The topological polar surface area (TPSA) is 39.6 Å². The van der Waals surface area contributed by atoms with Gasteiger partial charge in [-0.3, -0.25) is 9.88 Å². The maximum atomic E-state index is 13.0.